The van der Waals surface area contributed by atoms with Crippen LogP contribution in [-0.4, -0.2) is 23.4 Å². The molecule has 4 fully saturated rings. The summed E-state index contributed by atoms with van der Waals surface area (Å²) in [5.41, 5.74) is -4.49. The molecule has 0 heterocycles. The molecule has 23 heavy (non-hydrogen) atoms. The van der Waals surface area contributed by atoms with Crippen molar-refractivity contribution < 1.29 is 27.1 Å². The summed E-state index contributed by atoms with van der Waals surface area (Å²) in [6, 6.07) is 0. The van der Waals surface area contributed by atoms with E-state index in [-0.39, 0.29) is 18.3 Å². The number of carbonyl (C=O) groups is 1. The first-order chi connectivity index (χ1) is 10.4. The van der Waals surface area contributed by atoms with Crippen LogP contribution in [0.3, 0.4) is 0 Å². The minimum atomic E-state index is -4.81. The minimum absolute atomic E-state index is 0.241. The third-order valence-electron chi connectivity index (χ3n) is 6.20. The fourth-order valence-electron chi connectivity index (χ4n) is 5.37. The Balaban J connectivity index is 1.82. The maximum atomic E-state index is 15.0. The molecule has 0 aromatic rings. The Morgan fingerprint density at radius 2 is 1.65 bits per heavy atom. The first-order valence-electron chi connectivity index (χ1n) is 8.04. The zero-order valence-electron chi connectivity index (χ0n) is 13.4. The lowest BCUT2D eigenvalue weighted by molar-refractivity contribution is -0.217. The largest absolute Gasteiger partial charge is 0.455 e. The van der Waals surface area contributed by atoms with Crippen LogP contribution >= 0.6 is 0 Å². The van der Waals surface area contributed by atoms with Crippen molar-refractivity contribution in [3.8, 4) is 0 Å². The lowest BCUT2D eigenvalue weighted by Gasteiger charge is -2.63. The number of rotatable bonds is 3. The van der Waals surface area contributed by atoms with Crippen molar-refractivity contribution in [2.24, 2.45) is 17.3 Å². The number of halogens is 4. The Morgan fingerprint density at radius 1 is 1.13 bits per heavy atom. The lowest BCUT2D eigenvalue weighted by atomic mass is 9.45. The van der Waals surface area contributed by atoms with Gasteiger partial charge in [-0.2, -0.15) is 13.2 Å². The molecule has 0 spiro atoms. The lowest BCUT2D eigenvalue weighted by Crippen LogP contribution is -2.61. The molecule has 4 saturated carbocycles. The quantitative estimate of drug-likeness (QED) is 0.423. The molecule has 2 unspecified atom stereocenters. The van der Waals surface area contributed by atoms with E-state index in [9.17, 15) is 18.0 Å². The van der Waals surface area contributed by atoms with Gasteiger partial charge < -0.3 is 4.74 Å². The van der Waals surface area contributed by atoms with E-state index in [1.165, 1.54) is 0 Å². The Hall–Kier alpha value is -1.07. The van der Waals surface area contributed by atoms with Crippen LogP contribution in [-0.2, 0) is 9.53 Å². The van der Waals surface area contributed by atoms with Crippen LogP contribution in [0.2, 0.25) is 0 Å². The van der Waals surface area contributed by atoms with Crippen LogP contribution in [0.15, 0.2) is 12.2 Å². The topological polar surface area (TPSA) is 26.3 Å². The molecule has 0 aromatic carbocycles. The van der Waals surface area contributed by atoms with E-state index in [2.05, 4.69) is 6.58 Å². The standard InChI is InChI=1S/C17H22F4O2/c1-10(17(19,20)21)13(22)23-14(2,3)15-5-11-4-12(6-15)8-16(18,7-11)9-15/h11-12H,1,4-9H2,2-3H3. The molecular formula is C17H22F4O2. The van der Waals surface area contributed by atoms with Gasteiger partial charge in [-0.15, -0.1) is 0 Å². The highest BCUT2D eigenvalue weighted by Gasteiger charge is 2.64. The van der Waals surface area contributed by atoms with Gasteiger partial charge in [0.05, 0.1) is 0 Å². The normalized spacial score (nSPS) is 39.4. The average molecular weight is 334 g/mol. The number of alkyl halides is 4. The molecule has 4 rings (SSSR count). The van der Waals surface area contributed by atoms with Gasteiger partial charge in [-0.05, 0) is 64.2 Å². The Morgan fingerprint density at radius 3 is 2.09 bits per heavy atom. The molecule has 4 aliphatic carbocycles. The van der Waals surface area contributed by atoms with Gasteiger partial charge in [0.15, 0.2) is 0 Å². The highest BCUT2D eigenvalue weighted by Crippen LogP contribution is 2.66. The van der Waals surface area contributed by atoms with Crippen LogP contribution in [0.4, 0.5) is 17.6 Å². The second-order valence-electron chi connectivity index (χ2n) is 8.27. The SMILES string of the molecule is C=C(C(=O)OC(C)(C)C12CC3CC(CC(F)(C3)C1)C2)C(F)(F)F. The zero-order chi connectivity index (χ0) is 17.3. The smallest absolute Gasteiger partial charge is 0.422 e. The maximum Gasteiger partial charge on any atom is 0.422 e. The van der Waals surface area contributed by atoms with Crippen molar-refractivity contribution in [3.63, 3.8) is 0 Å². The highest BCUT2D eigenvalue weighted by molar-refractivity contribution is 5.89. The van der Waals surface area contributed by atoms with Crippen molar-refractivity contribution in [1.82, 2.24) is 0 Å². The molecule has 4 aliphatic rings. The summed E-state index contributed by atoms with van der Waals surface area (Å²) in [7, 11) is 0. The van der Waals surface area contributed by atoms with Gasteiger partial charge in [0.2, 0.25) is 0 Å². The zero-order valence-corrected chi connectivity index (χ0v) is 13.4. The number of hydrogen-bond acceptors (Lipinski definition) is 2. The molecule has 0 radical (unpaired) electrons. The van der Waals surface area contributed by atoms with E-state index in [1.807, 2.05) is 0 Å². The third kappa shape index (κ3) is 2.68. The fourth-order valence-corrected chi connectivity index (χ4v) is 5.37. The van der Waals surface area contributed by atoms with Crippen LogP contribution in [0.1, 0.15) is 52.4 Å². The van der Waals surface area contributed by atoms with Gasteiger partial charge in [0.25, 0.3) is 0 Å². The summed E-state index contributed by atoms with van der Waals surface area (Å²) in [6.07, 6.45) is -1.06. The average Bonchev–Trinajstić information content (AvgIpc) is 2.32. The third-order valence-corrected chi connectivity index (χ3v) is 6.20. The minimum Gasteiger partial charge on any atom is -0.455 e. The van der Waals surface area contributed by atoms with Gasteiger partial charge in [0, 0.05) is 5.41 Å². The number of ether oxygens (including phenoxy) is 1. The van der Waals surface area contributed by atoms with Gasteiger partial charge in [-0.3, -0.25) is 0 Å². The van der Waals surface area contributed by atoms with Crippen LogP contribution in [0.25, 0.3) is 0 Å². The van der Waals surface area contributed by atoms with Gasteiger partial charge in [-0.1, -0.05) is 6.58 Å². The second kappa shape index (κ2) is 4.73. The van der Waals surface area contributed by atoms with Crippen molar-refractivity contribution in [3.05, 3.63) is 12.2 Å². The van der Waals surface area contributed by atoms with Crippen molar-refractivity contribution in [1.29, 1.82) is 0 Å². The van der Waals surface area contributed by atoms with Gasteiger partial charge in [-0.25, -0.2) is 9.18 Å². The van der Waals surface area contributed by atoms with Crippen LogP contribution < -0.4 is 0 Å². The first-order valence-corrected chi connectivity index (χ1v) is 8.04. The predicted molar refractivity (Wildman–Crippen MR) is 76.3 cm³/mol. The summed E-state index contributed by atoms with van der Waals surface area (Å²) in [5.74, 6) is -0.971. The predicted octanol–water partition coefficient (Wildman–Crippen LogP) is 4.74. The monoisotopic (exact) mass is 334 g/mol. The van der Waals surface area contributed by atoms with Crippen molar-refractivity contribution in [2.45, 2.75) is 69.8 Å². The van der Waals surface area contributed by atoms with E-state index in [4.69, 9.17) is 4.74 Å². The summed E-state index contributed by atoms with van der Waals surface area (Å²) >= 11 is 0. The molecule has 4 bridgehead atoms. The maximum absolute atomic E-state index is 15.0. The molecule has 0 saturated heterocycles. The molecule has 0 amide bonds. The van der Waals surface area contributed by atoms with E-state index in [0.717, 1.165) is 6.42 Å². The molecule has 2 atom stereocenters. The Bertz CT molecular complexity index is 535. The first kappa shape index (κ1) is 16.8. The van der Waals surface area contributed by atoms with Crippen molar-refractivity contribution >= 4 is 5.97 Å². The molecule has 0 N–H and O–H groups in total. The highest BCUT2D eigenvalue weighted by atomic mass is 19.4. The van der Waals surface area contributed by atoms with E-state index in [0.29, 0.717) is 25.7 Å². The second-order valence-corrected chi connectivity index (χ2v) is 8.27. The molecule has 0 aromatic heterocycles. The van der Waals surface area contributed by atoms with Gasteiger partial charge >= 0.3 is 12.1 Å². The summed E-state index contributed by atoms with van der Waals surface area (Å²) < 4.78 is 58.1. The van der Waals surface area contributed by atoms with Crippen LogP contribution in [0.5, 0.6) is 0 Å². The Labute approximate surface area is 133 Å². The Kier molecular flexibility index (Phi) is 3.45. The van der Waals surface area contributed by atoms with E-state index in [1.54, 1.807) is 13.8 Å². The van der Waals surface area contributed by atoms with Gasteiger partial charge in [0.1, 0.15) is 16.8 Å². The van der Waals surface area contributed by atoms with E-state index < -0.39 is 34.4 Å². The molecule has 6 heteroatoms. The number of hydrogen-bond donors (Lipinski definition) is 0. The fraction of sp³-hybridized carbons (Fsp3) is 0.824. The molecule has 0 aliphatic heterocycles. The molecular weight excluding hydrogens is 312 g/mol. The van der Waals surface area contributed by atoms with Crippen molar-refractivity contribution in [2.75, 3.05) is 0 Å². The number of carbonyl (C=O) groups excluding carboxylic acids is 1. The van der Waals surface area contributed by atoms with E-state index >= 15 is 4.39 Å². The molecule has 130 valence electrons. The summed E-state index contributed by atoms with van der Waals surface area (Å²) in [5, 5.41) is 0. The summed E-state index contributed by atoms with van der Waals surface area (Å²) in [4.78, 5) is 11.8. The number of esters is 1. The molecule has 2 nitrogen and oxygen atoms in total. The summed E-state index contributed by atoms with van der Waals surface area (Å²) in [6.45, 7) is 6.03. The van der Waals surface area contributed by atoms with Crippen LogP contribution in [0, 0.1) is 17.3 Å².